The summed E-state index contributed by atoms with van der Waals surface area (Å²) in [4.78, 5) is 6.83. The second-order valence-corrected chi connectivity index (χ2v) is 5.55. The zero-order valence-electron chi connectivity index (χ0n) is 12.0. The summed E-state index contributed by atoms with van der Waals surface area (Å²) in [7, 11) is 2.11. The highest BCUT2D eigenvalue weighted by Gasteiger charge is 2.05. The van der Waals surface area contributed by atoms with E-state index in [4.69, 9.17) is 0 Å². The van der Waals surface area contributed by atoms with Crippen molar-refractivity contribution < 1.29 is 0 Å². The van der Waals surface area contributed by atoms with Crippen LogP contribution in [-0.2, 0) is 6.54 Å². The zero-order valence-corrected chi connectivity index (χ0v) is 12.8. The van der Waals surface area contributed by atoms with Crippen LogP contribution in [0.3, 0.4) is 0 Å². The van der Waals surface area contributed by atoms with Crippen molar-refractivity contribution in [2.24, 2.45) is 0 Å². The van der Waals surface area contributed by atoms with E-state index in [-0.39, 0.29) is 0 Å². The second-order valence-electron chi connectivity index (χ2n) is 4.57. The molecule has 0 radical (unpaired) electrons. The first-order valence-corrected chi connectivity index (χ1v) is 7.95. The van der Waals surface area contributed by atoms with Gasteiger partial charge in [-0.1, -0.05) is 6.92 Å². The number of rotatable bonds is 8. The molecule has 0 saturated carbocycles. The molecule has 0 aliphatic heterocycles. The lowest BCUT2D eigenvalue weighted by atomic mass is 10.2. The number of aromatic nitrogens is 1. The van der Waals surface area contributed by atoms with Gasteiger partial charge in [-0.3, -0.25) is 0 Å². The molecule has 1 heterocycles. The van der Waals surface area contributed by atoms with Crippen LogP contribution in [0.25, 0.3) is 0 Å². The Morgan fingerprint density at radius 3 is 2.83 bits per heavy atom. The summed E-state index contributed by atoms with van der Waals surface area (Å²) in [5.74, 6) is 2.22. The monoisotopic (exact) mass is 267 g/mol. The van der Waals surface area contributed by atoms with E-state index in [1.807, 2.05) is 11.8 Å². The summed E-state index contributed by atoms with van der Waals surface area (Å²) >= 11 is 1.87. The van der Waals surface area contributed by atoms with Crippen LogP contribution >= 0.6 is 11.8 Å². The van der Waals surface area contributed by atoms with Crippen molar-refractivity contribution in [1.29, 1.82) is 0 Å². The lowest BCUT2D eigenvalue weighted by Gasteiger charge is -2.19. The fourth-order valence-electron chi connectivity index (χ4n) is 1.77. The number of aryl methyl sites for hydroxylation is 1. The van der Waals surface area contributed by atoms with Gasteiger partial charge in [-0.15, -0.1) is 0 Å². The average molecular weight is 267 g/mol. The lowest BCUT2D eigenvalue weighted by Crippen LogP contribution is -2.22. The molecular formula is C14H25N3S. The van der Waals surface area contributed by atoms with Crippen LogP contribution in [0, 0.1) is 6.92 Å². The minimum atomic E-state index is 0.931. The molecule has 102 valence electrons. The van der Waals surface area contributed by atoms with Crippen LogP contribution in [0.5, 0.6) is 0 Å². The summed E-state index contributed by atoms with van der Waals surface area (Å²) in [6.07, 6.45) is 3.31. The van der Waals surface area contributed by atoms with E-state index in [0.717, 1.165) is 36.9 Å². The van der Waals surface area contributed by atoms with Gasteiger partial charge in [0.05, 0.1) is 0 Å². The van der Waals surface area contributed by atoms with E-state index in [1.165, 1.54) is 12.0 Å². The van der Waals surface area contributed by atoms with E-state index in [1.54, 1.807) is 0 Å². The second kappa shape index (κ2) is 8.38. The van der Waals surface area contributed by atoms with Gasteiger partial charge in [0.25, 0.3) is 0 Å². The molecule has 1 aromatic heterocycles. The van der Waals surface area contributed by atoms with Crippen LogP contribution < -0.4 is 10.2 Å². The zero-order chi connectivity index (χ0) is 13.4. The van der Waals surface area contributed by atoms with Crippen molar-refractivity contribution in [2.75, 3.05) is 37.0 Å². The first-order chi connectivity index (χ1) is 8.67. The Morgan fingerprint density at radius 1 is 1.39 bits per heavy atom. The molecule has 0 unspecified atom stereocenters. The molecule has 0 aliphatic carbocycles. The Balaban J connectivity index is 2.67. The number of pyridine rings is 1. The van der Waals surface area contributed by atoms with Crippen LogP contribution in [0.1, 0.15) is 24.6 Å². The predicted octanol–water partition coefficient (Wildman–Crippen LogP) is 2.69. The van der Waals surface area contributed by atoms with Crippen molar-refractivity contribution in [1.82, 2.24) is 10.3 Å². The maximum Gasteiger partial charge on any atom is 0.128 e. The normalized spacial score (nSPS) is 10.7. The number of nitrogens with zero attached hydrogens (tertiary/aromatic N) is 2. The molecule has 3 nitrogen and oxygen atoms in total. The molecule has 0 fully saturated rings. The summed E-state index contributed by atoms with van der Waals surface area (Å²) in [6.45, 7) is 7.29. The molecule has 0 saturated heterocycles. The molecule has 1 aromatic rings. The summed E-state index contributed by atoms with van der Waals surface area (Å²) < 4.78 is 0. The molecule has 0 aromatic carbocycles. The van der Waals surface area contributed by atoms with Crippen LogP contribution in [-0.4, -0.2) is 37.1 Å². The summed E-state index contributed by atoms with van der Waals surface area (Å²) in [5.41, 5.74) is 2.42. The molecular weight excluding hydrogens is 242 g/mol. The molecule has 4 heteroatoms. The van der Waals surface area contributed by atoms with Gasteiger partial charge in [-0.2, -0.15) is 11.8 Å². The minimum absolute atomic E-state index is 0.931. The summed E-state index contributed by atoms with van der Waals surface area (Å²) in [5, 5.41) is 3.44. The van der Waals surface area contributed by atoms with Gasteiger partial charge in [0, 0.05) is 31.6 Å². The van der Waals surface area contributed by atoms with Crippen LogP contribution in [0.2, 0.25) is 0 Å². The molecule has 0 bridgehead atoms. The highest BCUT2D eigenvalue weighted by Crippen LogP contribution is 2.14. The summed E-state index contributed by atoms with van der Waals surface area (Å²) in [6, 6.07) is 4.35. The molecule has 0 aliphatic rings. The third-order valence-corrected chi connectivity index (χ3v) is 3.37. The number of hydrogen-bond donors (Lipinski definition) is 1. The predicted molar refractivity (Wildman–Crippen MR) is 82.6 cm³/mol. The van der Waals surface area contributed by atoms with Gasteiger partial charge in [-0.05, 0) is 43.8 Å². The Hall–Kier alpha value is -0.740. The van der Waals surface area contributed by atoms with Gasteiger partial charge in [-0.25, -0.2) is 4.98 Å². The van der Waals surface area contributed by atoms with Crippen molar-refractivity contribution >= 4 is 17.6 Å². The third-order valence-electron chi connectivity index (χ3n) is 2.78. The number of thioether (sulfide) groups is 1. The Bertz CT molecular complexity index is 355. The SMILES string of the molecule is CCCNCc1cc(C)nc(N(C)CCSC)c1. The van der Waals surface area contributed by atoms with E-state index in [2.05, 4.69) is 54.5 Å². The Labute approximate surface area is 115 Å². The van der Waals surface area contributed by atoms with Gasteiger partial charge in [0.2, 0.25) is 0 Å². The quantitative estimate of drug-likeness (QED) is 0.733. The Morgan fingerprint density at radius 2 is 2.17 bits per heavy atom. The standard InChI is InChI=1S/C14H25N3S/c1-5-6-15-11-13-9-12(2)16-14(10-13)17(3)7-8-18-4/h9-10,15H,5-8,11H2,1-4H3. The molecule has 18 heavy (non-hydrogen) atoms. The van der Waals surface area contributed by atoms with E-state index in [0.29, 0.717) is 0 Å². The molecule has 0 amide bonds. The lowest BCUT2D eigenvalue weighted by molar-refractivity contribution is 0.674. The van der Waals surface area contributed by atoms with Crippen molar-refractivity contribution in [3.63, 3.8) is 0 Å². The highest BCUT2D eigenvalue weighted by atomic mass is 32.2. The van der Waals surface area contributed by atoms with Crippen LogP contribution in [0.4, 0.5) is 5.82 Å². The fourth-order valence-corrected chi connectivity index (χ4v) is 2.23. The van der Waals surface area contributed by atoms with Gasteiger partial charge in [0.1, 0.15) is 5.82 Å². The first kappa shape index (κ1) is 15.3. The minimum Gasteiger partial charge on any atom is -0.359 e. The largest absolute Gasteiger partial charge is 0.359 e. The van der Waals surface area contributed by atoms with E-state index >= 15 is 0 Å². The van der Waals surface area contributed by atoms with Gasteiger partial charge in [0.15, 0.2) is 0 Å². The molecule has 1 rings (SSSR count). The first-order valence-electron chi connectivity index (χ1n) is 6.55. The van der Waals surface area contributed by atoms with Crippen molar-refractivity contribution in [3.05, 3.63) is 23.4 Å². The van der Waals surface area contributed by atoms with Crippen molar-refractivity contribution in [3.8, 4) is 0 Å². The average Bonchev–Trinajstić information content (AvgIpc) is 2.35. The number of hydrogen-bond acceptors (Lipinski definition) is 4. The maximum absolute atomic E-state index is 4.60. The molecule has 0 atom stereocenters. The van der Waals surface area contributed by atoms with E-state index in [9.17, 15) is 0 Å². The Kier molecular flexibility index (Phi) is 7.13. The van der Waals surface area contributed by atoms with Crippen LogP contribution in [0.15, 0.2) is 12.1 Å². The number of nitrogens with one attached hydrogen (secondary N) is 1. The smallest absolute Gasteiger partial charge is 0.128 e. The molecule has 0 spiro atoms. The highest BCUT2D eigenvalue weighted by molar-refractivity contribution is 7.98. The third kappa shape index (κ3) is 5.27. The topological polar surface area (TPSA) is 28.2 Å². The fraction of sp³-hybridized carbons (Fsp3) is 0.643. The maximum atomic E-state index is 4.60. The van der Waals surface area contributed by atoms with Gasteiger partial charge >= 0.3 is 0 Å². The van der Waals surface area contributed by atoms with E-state index < -0.39 is 0 Å². The van der Waals surface area contributed by atoms with Gasteiger partial charge < -0.3 is 10.2 Å². The number of anilines is 1. The molecule has 1 N–H and O–H groups in total. The van der Waals surface area contributed by atoms with Crippen molar-refractivity contribution in [2.45, 2.75) is 26.8 Å².